The van der Waals surface area contributed by atoms with Gasteiger partial charge in [0.25, 0.3) is 0 Å². The molecule has 3 aromatic rings. The molecule has 3 rings (SSSR count). The van der Waals surface area contributed by atoms with E-state index >= 15 is 0 Å². The van der Waals surface area contributed by atoms with E-state index in [1.807, 2.05) is 34.9 Å². The molecule has 0 aliphatic rings. The molecular weight excluding hydrogens is 198 g/mol. The topological polar surface area (TPSA) is 43.3 Å². The molecule has 78 valence electrons. The van der Waals surface area contributed by atoms with Gasteiger partial charge in [-0.2, -0.15) is 0 Å². The van der Waals surface area contributed by atoms with Crippen molar-refractivity contribution >= 4 is 11.3 Å². The Hall–Kier alpha value is -2.29. The summed E-state index contributed by atoms with van der Waals surface area (Å²) in [4.78, 5) is 4.08. The zero-order chi connectivity index (χ0) is 11.0. The molecule has 0 atom stereocenters. The lowest BCUT2D eigenvalue weighted by atomic mass is 10.1. The number of benzene rings is 1. The fraction of sp³-hybridized carbons (Fsp3) is 0. The van der Waals surface area contributed by atoms with Crippen LogP contribution >= 0.6 is 0 Å². The van der Waals surface area contributed by atoms with Crippen molar-refractivity contribution in [1.29, 1.82) is 0 Å². The number of hydrogen-bond acceptors (Lipinski definition) is 2. The number of hydrogen-bond donors (Lipinski definition) is 1. The summed E-state index contributed by atoms with van der Waals surface area (Å²) in [5.74, 6) is 0.703. The van der Waals surface area contributed by atoms with Gasteiger partial charge in [-0.1, -0.05) is 30.3 Å². The third-order valence-electron chi connectivity index (χ3n) is 2.66. The van der Waals surface area contributed by atoms with E-state index in [2.05, 4.69) is 23.2 Å². The number of fused-ring (bicyclic) bond motifs is 1. The standard InChI is InChI=1S/C13H11N3/c14-13-7-11(10-4-2-1-3-5-10)6-12-8-15-9-16(12)13/h1-9H,14H2. The van der Waals surface area contributed by atoms with Crippen molar-refractivity contribution in [2.75, 3.05) is 5.73 Å². The molecule has 0 bridgehead atoms. The predicted molar refractivity (Wildman–Crippen MR) is 65.0 cm³/mol. The second kappa shape index (κ2) is 3.38. The molecule has 0 aliphatic heterocycles. The monoisotopic (exact) mass is 209 g/mol. The van der Waals surface area contributed by atoms with Gasteiger partial charge in [-0.15, -0.1) is 0 Å². The van der Waals surface area contributed by atoms with Crippen LogP contribution in [0.25, 0.3) is 16.6 Å². The first-order chi connectivity index (χ1) is 7.84. The minimum absolute atomic E-state index is 0.703. The predicted octanol–water partition coefficient (Wildman–Crippen LogP) is 2.58. The summed E-state index contributed by atoms with van der Waals surface area (Å²) in [5, 5.41) is 0. The minimum atomic E-state index is 0.703. The van der Waals surface area contributed by atoms with Crippen molar-refractivity contribution in [2.45, 2.75) is 0 Å². The summed E-state index contributed by atoms with van der Waals surface area (Å²) >= 11 is 0. The van der Waals surface area contributed by atoms with Crippen LogP contribution in [0.1, 0.15) is 0 Å². The van der Waals surface area contributed by atoms with Crippen LogP contribution in [0.4, 0.5) is 5.82 Å². The Morgan fingerprint density at radius 2 is 1.81 bits per heavy atom. The van der Waals surface area contributed by atoms with Crippen molar-refractivity contribution in [3.05, 3.63) is 55.0 Å². The molecule has 2 aromatic heterocycles. The summed E-state index contributed by atoms with van der Waals surface area (Å²) in [6.07, 6.45) is 3.53. The van der Waals surface area contributed by atoms with E-state index in [0.29, 0.717) is 5.82 Å². The van der Waals surface area contributed by atoms with E-state index in [1.165, 1.54) is 0 Å². The largest absolute Gasteiger partial charge is 0.385 e. The van der Waals surface area contributed by atoms with Crippen molar-refractivity contribution in [1.82, 2.24) is 9.38 Å². The molecule has 0 unspecified atom stereocenters. The fourth-order valence-corrected chi connectivity index (χ4v) is 1.85. The van der Waals surface area contributed by atoms with Crippen molar-refractivity contribution in [2.24, 2.45) is 0 Å². The Morgan fingerprint density at radius 3 is 2.62 bits per heavy atom. The van der Waals surface area contributed by atoms with Gasteiger partial charge in [-0.05, 0) is 23.3 Å². The molecule has 3 nitrogen and oxygen atoms in total. The highest BCUT2D eigenvalue weighted by Gasteiger charge is 2.02. The van der Waals surface area contributed by atoms with Crippen LogP contribution in [-0.2, 0) is 0 Å². The van der Waals surface area contributed by atoms with Gasteiger partial charge in [-0.25, -0.2) is 4.98 Å². The Bertz CT molecular complexity index is 626. The molecule has 0 fully saturated rings. The first-order valence-corrected chi connectivity index (χ1v) is 5.11. The second-order valence-electron chi connectivity index (χ2n) is 3.72. The molecule has 0 amide bonds. The van der Waals surface area contributed by atoms with E-state index in [-0.39, 0.29) is 0 Å². The quantitative estimate of drug-likeness (QED) is 0.669. The molecule has 3 heteroatoms. The smallest absolute Gasteiger partial charge is 0.109 e. The molecule has 16 heavy (non-hydrogen) atoms. The van der Waals surface area contributed by atoms with Crippen LogP contribution in [-0.4, -0.2) is 9.38 Å². The highest BCUT2D eigenvalue weighted by Crippen LogP contribution is 2.23. The van der Waals surface area contributed by atoms with Gasteiger partial charge in [0.05, 0.1) is 11.7 Å². The average Bonchev–Trinajstić information content (AvgIpc) is 2.79. The number of anilines is 1. The van der Waals surface area contributed by atoms with Crippen molar-refractivity contribution < 1.29 is 0 Å². The number of nitrogen functional groups attached to an aromatic ring is 1. The Labute approximate surface area is 93.2 Å². The van der Waals surface area contributed by atoms with Crippen LogP contribution in [0.15, 0.2) is 55.0 Å². The van der Waals surface area contributed by atoms with E-state index in [0.717, 1.165) is 16.6 Å². The molecule has 0 saturated heterocycles. The normalized spacial score (nSPS) is 10.8. The van der Waals surface area contributed by atoms with Crippen LogP contribution in [0, 0.1) is 0 Å². The number of nitrogens with two attached hydrogens (primary N) is 1. The minimum Gasteiger partial charge on any atom is -0.385 e. The SMILES string of the molecule is Nc1cc(-c2ccccc2)cc2cncn12. The molecule has 0 saturated carbocycles. The molecule has 1 aromatic carbocycles. The molecule has 0 spiro atoms. The van der Waals surface area contributed by atoms with Crippen LogP contribution < -0.4 is 5.73 Å². The zero-order valence-electron chi connectivity index (χ0n) is 8.67. The molecule has 2 N–H and O–H groups in total. The molecule has 0 radical (unpaired) electrons. The van der Waals surface area contributed by atoms with Gasteiger partial charge in [0.2, 0.25) is 0 Å². The van der Waals surface area contributed by atoms with Gasteiger partial charge in [0.1, 0.15) is 12.1 Å². The fourth-order valence-electron chi connectivity index (χ4n) is 1.85. The number of pyridine rings is 1. The average molecular weight is 209 g/mol. The maximum atomic E-state index is 5.96. The first-order valence-electron chi connectivity index (χ1n) is 5.11. The van der Waals surface area contributed by atoms with Crippen LogP contribution in [0.5, 0.6) is 0 Å². The number of aromatic nitrogens is 2. The van der Waals surface area contributed by atoms with Gasteiger partial charge in [-0.3, -0.25) is 4.40 Å². The summed E-state index contributed by atoms with van der Waals surface area (Å²) in [6.45, 7) is 0. The highest BCUT2D eigenvalue weighted by atomic mass is 15.0. The van der Waals surface area contributed by atoms with E-state index in [9.17, 15) is 0 Å². The van der Waals surface area contributed by atoms with Crippen LogP contribution in [0.2, 0.25) is 0 Å². The Morgan fingerprint density at radius 1 is 1.00 bits per heavy atom. The summed E-state index contributed by atoms with van der Waals surface area (Å²) in [5.41, 5.74) is 9.26. The summed E-state index contributed by atoms with van der Waals surface area (Å²) < 4.78 is 1.87. The summed E-state index contributed by atoms with van der Waals surface area (Å²) in [6, 6.07) is 14.2. The van der Waals surface area contributed by atoms with E-state index in [4.69, 9.17) is 5.73 Å². The third kappa shape index (κ3) is 1.34. The zero-order valence-corrected chi connectivity index (χ0v) is 8.67. The highest BCUT2D eigenvalue weighted by molar-refractivity contribution is 5.72. The second-order valence-corrected chi connectivity index (χ2v) is 3.72. The Kier molecular flexibility index (Phi) is 1.90. The molecule has 0 aliphatic carbocycles. The lowest BCUT2D eigenvalue weighted by Crippen LogP contribution is -1.95. The Balaban J connectivity index is 2.25. The lowest BCUT2D eigenvalue weighted by Gasteiger charge is -2.05. The lowest BCUT2D eigenvalue weighted by molar-refractivity contribution is 1.17. The van der Waals surface area contributed by atoms with Gasteiger partial charge in [0, 0.05) is 0 Å². The molecule has 2 heterocycles. The first kappa shape index (κ1) is 8.97. The van der Waals surface area contributed by atoms with Gasteiger partial charge < -0.3 is 5.73 Å². The van der Waals surface area contributed by atoms with E-state index in [1.54, 1.807) is 6.33 Å². The number of imidazole rings is 1. The number of nitrogens with zero attached hydrogens (tertiary/aromatic N) is 2. The van der Waals surface area contributed by atoms with E-state index < -0.39 is 0 Å². The maximum absolute atomic E-state index is 5.96. The summed E-state index contributed by atoms with van der Waals surface area (Å²) in [7, 11) is 0. The van der Waals surface area contributed by atoms with Gasteiger partial charge >= 0.3 is 0 Å². The van der Waals surface area contributed by atoms with Crippen LogP contribution in [0.3, 0.4) is 0 Å². The number of rotatable bonds is 1. The van der Waals surface area contributed by atoms with Gasteiger partial charge in [0.15, 0.2) is 0 Å². The van der Waals surface area contributed by atoms with Crippen molar-refractivity contribution in [3.63, 3.8) is 0 Å². The third-order valence-corrected chi connectivity index (χ3v) is 2.66. The maximum Gasteiger partial charge on any atom is 0.109 e. The van der Waals surface area contributed by atoms with Crippen molar-refractivity contribution in [3.8, 4) is 11.1 Å². The molecular formula is C13H11N3.